The Kier molecular flexibility index (Phi) is 3.86. The lowest BCUT2D eigenvalue weighted by Gasteiger charge is -2.28. The van der Waals surface area contributed by atoms with Crippen LogP contribution in [0.5, 0.6) is 0 Å². The fourth-order valence-electron chi connectivity index (χ4n) is 3.50. The number of sulfone groups is 1. The number of nitrogens with zero attached hydrogens (tertiary/aromatic N) is 2. The minimum atomic E-state index is -2.97. The highest BCUT2D eigenvalue weighted by Gasteiger charge is 2.32. The second-order valence-electron chi connectivity index (χ2n) is 5.95. The molecule has 1 N–H and O–H groups in total. The van der Waals surface area contributed by atoms with E-state index in [2.05, 4.69) is 9.55 Å². The van der Waals surface area contributed by atoms with E-state index in [0.717, 1.165) is 50.0 Å². The Labute approximate surface area is 119 Å². The molecule has 2 aliphatic heterocycles. The van der Waals surface area contributed by atoms with E-state index in [1.807, 2.05) is 6.20 Å². The van der Waals surface area contributed by atoms with Crippen LogP contribution >= 0.6 is 0 Å². The summed E-state index contributed by atoms with van der Waals surface area (Å²) in [4.78, 5) is 4.44. The lowest BCUT2D eigenvalue weighted by Crippen LogP contribution is -2.32. The van der Waals surface area contributed by atoms with Crippen LogP contribution in [0.3, 0.4) is 0 Å². The number of hydrogen-bond donors (Lipinski definition) is 1. The van der Waals surface area contributed by atoms with E-state index in [1.54, 1.807) is 0 Å². The highest BCUT2D eigenvalue weighted by atomic mass is 32.2. The largest absolute Gasteiger partial charge is 0.394 e. The fraction of sp³-hybridized carbons (Fsp3) is 0.786. The molecular formula is C14H22N2O3S. The summed E-state index contributed by atoms with van der Waals surface area (Å²) in [5.41, 5.74) is 1.14. The predicted octanol–water partition coefficient (Wildman–Crippen LogP) is 1.26. The minimum Gasteiger partial charge on any atom is -0.394 e. The van der Waals surface area contributed by atoms with E-state index >= 15 is 0 Å². The van der Waals surface area contributed by atoms with E-state index in [1.165, 1.54) is 0 Å². The van der Waals surface area contributed by atoms with Gasteiger partial charge in [-0.25, -0.2) is 13.4 Å². The molecule has 0 aliphatic carbocycles. The second-order valence-corrected chi connectivity index (χ2v) is 8.35. The molecule has 112 valence electrons. The molecule has 0 bridgehead atoms. The third-order valence-corrected chi connectivity index (χ3v) is 6.90. The molecule has 1 fully saturated rings. The number of hydrogen-bond acceptors (Lipinski definition) is 4. The zero-order valence-corrected chi connectivity index (χ0v) is 12.5. The molecular weight excluding hydrogens is 276 g/mol. The molecule has 0 radical (unpaired) electrons. The van der Waals surface area contributed by atoms with Crippen LogP contribution in [-0.4, -0.2) is 40.7 Å². The van der Waals surface area contributed by atoms with Crippen molar-refractivity contribution in [2.75, 3.05) is 12.4 Å². The Balaban J connectivity index is 1.86. The van der Waals surface area contributed by atoms with Crippen molar-refractivity contribution in [2.45, 2.75) is 56.2 Å². The van der Waals surface area contributed by atoms with E-state index in [4.69, 9.17) is 0 Å². The molecule has 0 aromatic carbocycles. The lowest BCUT2D eigenvalue weighted by molar-refractivity contribution is 0.204. The summed E-state index contributed by atoms with van der Waals surface area (Å²) in [7, 11) is -2.97. The van der Waals surface area contributed by atoms with Crippen molar-refractivity contribution in [3.63, 3.8) is 0 Å². The molecule has 5 nitrogen and oxygen atoms in total. The first-order valence-corrected chi connectivity index (χ1v) is 9.21. The first-order valence-electron chi connectivity index (χ1n) is 7.49. The van der Waals surface area contributed by atoms with Crippen LogP contribution in [0.4, 0.5) is 0 Å². The van der Waals surface area contributed by atoms with Gasteiger partial charge in [0, 0.05) is 18.3 Å². The standard InChI is InChI=1S/C14H22N2O3S/c17-10-12-5-3-4-11-9-15-14(16(11)12)8-13-6-1-2-7-20(13,18)19/h9,12-13,17H,1-8,10H2. The van der Waals surface area contributed by atoms with Gasteiger partial charge >= 0.3 is 0 Å². The summed E-state index contributed by atoms with van der Waals surface area (Å²) in [5.74, 6) is 1.16. The number of fused-ring (bicyclic) bond motifs is 1. The Morgan fingerprint density at radius 1 is 1.30 bits per heavy atom. The van der Waals surface area contributed by atoms with E-state index in [-0.39, 0.29) is 17.9 Å². The Morgan fingerprint density at radius 3 is 2.90 bits per heavy atom. The van der Waals surface area contributed by atoms with Crippen molar-refractivity contribution in [3.8, 4) is 0 Å². The third kappa shape index (κ3) is 2.51. The van der Waals surface area contributed by atoms with Crippen LogP contribution in [0, 0.1) is 0 Å². The van der Waals surface area contributed by atoms with Crippen LogP contribution in [0.25, 0.3) is 0 Å². The van der Waals surface area contributed by atoms with Crippen LogP contribution in [0.1, 0.15) is 49.7 Å². The number of aliphatic hydroxyl groups is 1. The predicted molar refractivity (Wildman–Crippen MR) is 76.4 cm³/mol. The molecule has 0 amide bonds. The zero-order chi connectivity index (χ0) is 14.2. The maximum atomic E-state index is 12.1. The Hall–Kier alpha value is -0.880. The second kappa shape index (κ2) is 5.48. The minimum absolute atomic E-state index is 0.0718. The van der Waals surface area contributed by atoms with Gasteiger partial charge in [-0.05, 0) is 32.1 Å². The van der Waals surface area contributed by atoms with Gasteiger partial charge in [0.25, 0.3) is 0 Å². The van der Waals surface area contributed by atoms with Crippen molar-refractivity contribution in [1.82, 2.24) is 9.55 Å². The van der Waals surface area contributed by atoms with Gasteiger partial charge < -0.3 is 9.67 Å². The monoisotopic (exact) mass is 298 g/mol. The molecule has 2 aliphatic rings. The fourth-order valence-corrected chi connectivity index (χ4v) is 5.36. The molecule has 1 aromatic heterocycles. The van der Waals surface area contributed by atoms with Gasteiger partial charge in [-0.1, -0.05) is 6.42 Å². The van der Waals surface area contributed by atoms with E-state index < -0.39 is 9.84 Å². The highest BCUT2D eigenvalue weighted by Crippen LogP contribution is 2.29. The van der Waals surface area contributed by atoms with Crippen LogP contribution in [0.15, 0.2) is 6.20 Å². The average Bonchev–Trinajstić information content (AvgIpc) is 2.84. The number of aromatic nitrogens is 2. The van der Waals surface area contributed by atoms with Crippen molar-refractivity contribution >= 4 is 9.84 Å². The van der Waals surface area contributed by atoms with E-state index in [0.29, 0.717) is 12.2 Å². The molecule has 3 rings (SSSR count). The zero-order valence-electron chi connectivity index (χ0n) is 11.7. The normalized spacial score (nSPS) is 29.1. The first kappa shape index (κ1) is 14.1. The Morgan fingerprint density at radius 2 is 2.15 bits per heavy atom. The molecule has 0 saturated carbocycles. The lowest BCUT2D eigenvalue weighted by atomic mass is 10.0. The molecule has 6 heteroatoms. The summed E-state index contributed by atoms with van der Waals surface area (Å²) in [6.45, 7) is 0.105. The van der Waals surface area contributed by atoms with Crippen molar-refractivity contribution in [2.24, 2.45) is 0 Å². The van der Waals surface area contributed by atoms with Gasteiger partial charge in [0.05, 0.1) is 23.7 Å². The topological polar surface area (TPSA) is 72.2 Å². The van der Waals surface area contributed by atoms with Gasteiger partial charge in [0.1, 0.15) is 5.82 Å². The molecule has 3 heterocycles. The van der Waals surface area contributed by atoms with Crippen molar-refractivity contribution in [1.29, 1.82) is 0 Å². The molecule has 2 unspecified atom stereocenters. The summed E-state index contributed by atoms with van der Waals surface area (Å²) in [6.07, 6.45) is 7.86. The molecule has 2 atom stereocenters. The summed E-state index contributed by atoms with van der Waals surface area (Å²) in [6, 6.07) is 0.0718. The van der Waals surface area contributed by atoms with Crippen molar-refractivity contribution in [3.05, 3.63) is 17.7 Å². The van der Waals surface area contributed by atoms with Gasteiger partial charge in [0.15, 0.2) is 9.84 Å². The smallest absolute Gasteiger partial charge is 0.153 e. The molecule has 1 aromatic rings. The number of aryl methyl sites for hydroxylation is 1. The number of rotatable bonds is 3. The van der Waals surface area contributed by atoms with Gasteiger partial charge in [-0.15, -0.1) is 0 Å². The quantitative estimate of drug-likeness (QED) is 0.912. The van der Waals surface area contributed by atoms with Gasteiger partial charge in [-0.2, -0.15) is 0 Å². The van der Waals surface area contributed by atoms with Crippen LogP contribution in [0.2, 0.25) is 0 Å². The van der Waals surface area contributed by atoms with E-state index in [9.17, 15) is 13.5 Å². The highest BCUT2D eigenvalue weighted by molar-refractivity contribution is 7.92. The number of imidazole rings is 1. The summed E-state index contributed by atoms with van der Waals surface area (Å²) < 4.78 is 26.4. The molecule has 20 heavy (non-hydrogen) atoms. The van der Waals surface area contributed by atoms with Crippen LogP contribution in [-0.2, 0) is 22.7 Å². The maximum absolute atomic E-state index is 12.1. The average molecular weight is 298 g/mol. The van der Waals surface area contributed by atoms with Gasteiger partial charge in [0.2, 0.25) is 0 Å². The van der Waals surface area contributed by atoms with Gasteiger partial charge in [-0.3, -0.25) is 0 Å². The molecule has 1 saturated heterocycles. The summed E-state index contributed by atoms with van der Waals surface area (Å²) >= 11 is 0. The Bertz CT molecular complexity index is 579. The van der Waals surface area contributed by atoms with Crippen molar-refractivity contribution < 1.29 is 13.5 Å². The molecule has 0 spiro atoms. The first-order chi connectivity index (χ1) is 9.62. The SMILES string of the molecule is O=S1(=O)CCCCC1Cc1ncc2n1C(CO)CCC2. The third-order valence-electron chi connectivity index (χ3n) is 4.62. The number of aliphatic hydroxyl groups excluding tert-OH is 1. The summed E-state index contributed by atoms with van der Waals surface area (Å²) in [5, 5.41) is 9.23. The van der Waals surface area contributed by atoms with Crippen LogP contribution < -0.4 is 0 Å². The maximum Gasteiger partial charge on any atom is 0.153 e.